The standard InChI is InChI=1S/C32H42N2/c1-3-5-7-9-11-13-15-17-19-29-21-25-31(26-22-29)33-34-32-27-23-30(24-28-32)20-18-16-14-12-10-8-6-4-2/h21-28H,3-16H2,1-2H3. The van der Waals surface area contributed by atoms with Crippen LogP contribution in [0.2, 0.25) is 0 Å². The van der Waals surface area contributed by atoms with Gasteiger partial charge in [0.1, 0.15) is 0 Å². The molecular formula is C32H42N2. The maximum atomic E-state index is 4.35. The van der Waals surface area contributed by atoms with Gasteiger partial charge in [-0.05, 0) is 61.4 Å². The van der Waals surface area contributed by atoms with Crippen LogP contribution in [0.4, 0.5) is 11.4 Å². The van der Waals surface area contributed by atoms with E-state index in [2.05, 4.69) is 47.8 Å². The number of azo groups is 1. The van der Waals surface area contributed by atoms with Crippen LogP contribution in [0, 0.1) is 23.7 Å². The first kappa shape index (κ1) is 27.4. The summed E-state index contributed by atoms with van der Waals surface area (Å²) >= 11 is 0. The van der Waals surface area contributed by atoms with E-state index in [1.807, 2.05) is 48.5 Å². The molecule has 0 aliphatic rings. The van der Waals surface area contributed by atoms with Crippen LogP contribution in [-0.2, 0) is 0 Å². The van der Waals surface area contributed by atoms with Crippen LogP contribution in [0.5, 0.6) is 0 Å². The molecule has 0 heterocycles. The van der Waals surface area contributed by atoms with E-state index in [1.165, 1.54) is 77.0 Å². The average molecular weight is 455 g/mol. The van der Waals surface area contributed by atoms with Gasteiger partial charge in [-0.1, -0.05) is 102 Å². The van der Waals surface area contributed by atoms with Gasteiger partial charge in [0.05, 0.1) is 11.4 Å². The van der Waals surface area contributed by atoms with Gasteiger partial charge in [-0.15, -0.1) is 0 Å². The zero-order valence-corrected chi connectivity index (χ0v) is 21.4. The third-order valence-corrected chi connectivity index (χ3v) is 5.79. The second kappa shape index (κ2) is 18.6. The van der Waals surface area contributed by atoms with Gasteiger partial charge in [-0.2, -0.15) is 10.2 Å². The van der Waals surface area contributed by atoms with Crippen molar-refractivity contribution in [2.24, 2.45) is 10.2 Å². The quantitative estimate of drug-likeness (QED) is 0.154. The predicted octanol–water partition coefficient (Wildman–Crippen LogP) is 10.3. The van der Waals surface area contributed by atoms with E-state index in [4.69, 9.17) is 0 Å². The number of hydrogen-bond acceptors (Lipinski definition) is 2. The highest BCUT2D eigenvalue weighted by atomic mass is 15.1. The minimum atomic E-state index is 0.837. The molecule has 0 aliphatic heterocycles. The van der Waals surface area contributed by atoms with E-state index in [1.54, 1.807) is 0 Å². The number of unbranched alkanes of at least 4 members (excludes halogenated alkanes) is 12. The Hall–Kier alpha value is -2.84. The molecule has 0 fully saturated rings. The minimum absolute atomic E-state index is 0.837. The fraction of sp³-hybridized carbons (Fsp3) is 0.500. The van der Waals surface area contributed by atoms with Crippen LogP contribution < -0.4 is 0 Å². The summed E-state index contributed by atoms with van der Waals surface area (Å²) < 4.78 is 0. The lowest BCUT2D eigenvalue weighted by molar-refractivity contribution is 0.614. The van der Waals surface area contributed by atoms with Gasteiger partial charge < -0.3 is 0 Å². The first-order valence-corrected chi connectivity index (χ1v) is 13.4. The van der Waals surface area contributed by atoms with Crippen molar-refractivity contribution in [3.63, 3.8) is 0 Å². The maximum absolute atomic E-state index is 4.35. The third-order valence-electron chi connectivity index (χ3n) is 5.79. The second-order valence-electron chi connectivity index (χ2n) is 8.93. The van der Waals surface area contributed by atoms with Crippen LogP contribution in [-0.4, -0.2) is 0 Å². The zero-order chi connectivity index (χ0) is 24.1. The van der Waals surface area contributed by atoms with Gasteiger partial charge in [0.15, 0.2) is 0 Å². The topological polar surface area (TPSA) is 24.7 Å². The summed E-state index contributed by atoms with van der Waals surface area (Å²) in [5, 5.41) is 8.70. The Balaban J connectivity index is 1.70. The molecule has 2 aromatic carbocycles. The minimum Gasteiger partial charge on any atom is -0.151 e. The lowest BCUT2D eigenvalue weighted by Gasteiger charge is -1.97. The maximum Gasteiger partial charge on any atom is 0.0857 e. The summed E-state index contributed by atoms with van der Waals surface area (Å²) in [5.74, 6) is 13.1. The monoisotopic (exact) mass is 454 g/mol. The highest BCUT2D eigenvalue weighted by molar-refractivity contribution is 5.47. The molecule has 2 heteroatoms. The van der Waals surface area contributed by atoms with E-state index in [-0.39, 0.29) is 0 Å². The van der Waals surface area contributed by atoms with Crippen LogP contribution in [0.25, 0.3) is 0 Å². The molecule has 0 saturated heterocycles. The summed E-state index contributed by atoms with van der Waals surface area (Å²) in [6.07, 6.45) is 17.7. The van der Waals surface area contributed by atoms with Gasteiger partial charge in [0.25, 0.3) is 0 Å². The summed E-state index contributed by atoms with van der Waals surface area (Å²) in [7, 11) is 0. The van der Waals surface area contributed by atoms with Crippen LogP contribution >= 0.6 is 0 Å². The smallest absolute Gasteiger partial charge is 0.0857 e. The summed E-state index contributed by atoms with van der Waals surface area (Å²) in [6.45, 7) is 4.51. The Morgan fingerprint density at radius 2 is 0.824 bits per heavy atom. The Labute approximate surface area is 208 Å². The van der Waals surface area contributed by atoms with Crippen molar-refractivity contribution in [1.29, 1.82) is 0 Å². The van der Waals surface area contributed by atoms with Gasteiger partial charge in [0, 0.05) is 24.0 Å². The van der Waals surface area contributed by atoms with Gasteiger partial charge in [-0.3, -0.25) is 0 Å². The van der Waals surface area contributed by atoms with Crippen LogP contribution in [0.1, 0.15) is 115 Å². The number of nitrogens with zero attached hydrogens (tertiary/aromatic N) is 2. The van der Waals surface area contributed by atoms with Crippen molar-refractivity contribution in [3.8, 4) is 23.7 Å². The molecule has 0 aromatic heterocycles. The fourth-order valence-electron chi connectivity index (χ4n) is 3.65. The molecule has 0 amide bonds. The van der Waals surface area contributed by atoms with E-state index >= 15 is 0 Å². The lowest BCUT2D eigenvalue weighted by Crippen LogP contribution is -1.78. The molecule has 2 rings (SSSR count). The number of hydrogen-bond donors (Lipinski definition) is 0. The Morgan fingerprint density at radius 1 is 0.471 bits per heavy atom. The lowest BCUT2D eigenvalue weighted by atomic mass is 10.1. The summed E-state index contributed by atoms with van der Waals surface area (Å²) in [5.41, 5.74) is 3.75. The third kappa shape index (κ3) is 13.0. The SMILES string of the molecule is CCCCCCCCC#Cc1ccc(N=Nc2ccc(C#CCCCCCCCC)cc2)cc1. The van der Waals surface area contributed by atoms with Crippen molar-refractivity contribution in [3.05, 3.63) is 59.7 Å². The summed E-state index contributed by atoms with van der Waals surface area (Å²) in [4.78, 5) is 0. The Bertz CT molecular complexity index is 851. The molecule has 0 spiro atoms. The predicted molar refractivity (Wildman–Crippen MR) is 147 cm³/mol. The van der Waals surface area contributed by atoms with Crippen LogP contribution in [0.3, 0.4) is 0 Å². The molecule has 2 nitrogen and oxygen atoms in total. The average Bonchev–Trinajstić information content (AvgIpc) is 2.87. The molecule has 0 N–H and O–H groups in total. The van der Waals surface area contributed by atoms with E-state index < -0.39 is 0 Å². The molecule has 2 aromatic rings. The molecule has 0 atom stereocenters. The van der Waals surface area contributed by atoms with E-state index in [9.17, 15) is 0 Å². The van der Waals surface area contributed by atoms with E-state index in [0.29, 0.717) is 0 Å². The highest BCUT2D eigenvalue weighted by Crippen LogP contribution is 2.19. The fourth-order valence-corrected chi connectivity index (χ4v) is 3.65. The number of rotatable bonds is 14. The Morgan fingerprint density at radius 3 is 1.21 bits per heavy atom. The molecular weight excluding hydrogens is 412 g/mol. The normalized spacial score (nSPS) is 10.5. The van der Waals surface area contributed by atoms with Crippen LogP contribution in [0.15, 0.2) is 58.8 Å². The first-order valence-electron chi connectivity index (χ1n) is 13.4. The van der Waals surface area contributed by atoms with E-state index in [0.717, 1.165) is 35.3 Å². The second-order valence-corrected chi connectivity index (χ2v) is 8.93. The zero-order valence-electron chi connectivity index (χ0n) is 21.4. The molecule has 0 bridgehead atoms. The number of benzene rings is 2. The van der Waals surface area contributed by atoms with Gasteiger partial charge >= 0.3 is 0 Å². The van der Waals surface area contributed by atoms with Gasteiger partial charge in [0.2, 0.25) is 0 Å². The summed E-state index contributed by atoms with van der Waals surface area (Å²) in [6, 6.07) is 16.0. The van der Waals surface area contributed by atoms with Crippen molar-refractivity contribution in [1.82, 2.24) is 0 Å². The first-order chi connectivity index (χ1) is 16.8. The molecule has 0 saturated carbocycles. The van der Waals surface area contributed by atoms with Crippen molar-refractivity contribution < 1.29 is 0 Å². The Kier molecular flexibility index (Phi) is 15.0. The van der Waals surface area contributed by atoms with Gasteiger partial charge in [-0.25, -0.2) is 0 Å². The molecule has 0 radical (unpaired) electrons. The molecule has 0 aliphatic carbocycles. The van der Waals surface area contributed by atoms with Crippen molar-refractivity contribution in [2.45, 2.75) is 104 Å². The largest absolute Gasteiger partial charge is 0.151 e. The highest BCUT2D eigenvalue weighted by Gasteiger charge is 1.94. The molecule has 34 heavy (non-hydrogen) atoms. The van der Waals surface area contributed by atoms with Crippen molar-refractivity contribution in [2.75, 3.05) is 0 Å². The van der Waals surface area contributed by atoms with Crippen molar-refractivity contribution >= 4 is 11.4 Å². The molecule has 180 valence electrons. The molecule has 0 unspecified atom stereocenters.